The summed E-state index contributed by atoms with van der Waals surface area (Å²) in [6.45, 7) is -0.425. The van der Waals surface area contributed by atoms with Crippen LogP contribution in [-0.4, -0.2) is 25.0 Å². The summed E-state index contributed by atoms with van der Waals surface area (Å²) in [4.78, 5) is 5.14. The van der Waals surface area contributed by atoms with Gasteiger partial charge in [-0.05, 0) is 12.1 Å². The normalized spacial score (nSPS) is 9.93. The van der Waals surface area contributed by atoms with E-state index in [-0.39, 0.29) is 5.82 Å². The molecule has 1 aromatic heterocycles. The molecular formula is C9H9F2N3. The molecule has 0 amide bonds. The first kappa shape index (κ1) is 10.4. The Kier molecular flexibility index (Phi) is 3.35. The average molecular weight is 197 g/mol. The number of rotatable bonds is 3. The molecule has 5 heteroatoms. The summed E-state index contributed by atoms with van der Waals surface area (Å²) in [6, 6.07) is 5.04. The number of anilines is 1. The molecule has 0 fully saturated rings. The van der Waals surface area contributed by atoms with Crippen molar-refractivity contribution >= 4 is 5.82 Å². The van der Waals surface area contributed by atoms with Crippen molar-refractivity contribution in [3.8, 4) is 6.07 Å². The monoisotopic (exact) mass is 197 g/mol. The molecule has 0 aliphatic heterocycles. The van der Waals surface area contributed by atoms with Gasteiger partial charge in [0.2, 0.25) is 0 Å². The minimum atomic E-state index is -2.44. The molecule has 74 valence electrons. The second-order valence-corrected chi connectivity index (χ2v) is 2.76. The zero-order chi connectivity index (χ0) is 10.6. The number of hydrogen-bond acceptors (Lipinski definition) is 3. The van der Waals surface area contributed by atoms with Crippen molar-refractivity contribution in [2.24, 2.45) is 0 Å². The number of nitriles is 1. The van der Waals surface area contributed by atoms with Gasteiger partial charge in [0.05, 0.1) is 12.1 Å². The molecule has 0 radical (unpaired) electrons. The molecule has 0 bridgehead atoms. The van der Waals surface area contributed by atoms with Gasteiger partial charge in [0.15, 0.2) is 0 Å². The number of halogens is 2. The van der Waals surface area contributed by atoms with Crippen molar-refractivity contribution in [3.63, 3.8) is 0 Å². The van der Waals surface area contributed by atoms with Crippen molar-refractivity contribution in [2.45, 2.75) is 6.43 Å². The number of aromatic nitrogens is 1. The third-order valence-corrected chi connectivity index (χ3v) is 1.68. The maximum absolute atomic E-state index is 12.1. The maximum atomic E-state index is 12.1. The molecule has 3 nitrogen and oxygen atoms in total. The van der Waals surface area contributed by atoms with Crippen LogP contribution in [0.1, 0.15) is 5.56 Å². The summed E-state index contributed by atoms with van der Waals surface area (Å²) in [5.41, 5.74) is 0.302. The fraction of sp³-hybridized carbons (Fsp3) is 0.333. The maximum Gasteiger partial charge on any atom is 0.255 e. The molecule has 0 unspecified atom stereocenters. The SMILES string of the molecule is CN(CC(F)F)c1ncccc1C#N. The summed E-state index contributed by atoms with van der Waals surface area (Å²) in [5, 5.41) is 8.70. The summed E-state index contributed by atoms with van der Waals surface area (Å²) >= 11 is 0. The zero-order valence-corrected chi connectivity index (χ0v) is 7.61. The van der Waals surface area contributed by atoms with E-state index in [1.54, 1.807) is 12.1 Å². The van der Waals surface area contributed by atoms with Gasteiger partial charge in [0.25, 0.3) is 6.43 Å². The van der Waals surface area contributed by atoms with Crippen LogP contribution >= 0.6 is 0 Å². The molecular weight excluding hydrogens is 188 g/mol. The average Bonchev–Trinajstić information content (AvgIpc) is 2.16. The Morgan fingerprint density at radius 1 is 1.64 bits per heavy atom. The molecule has 14 heavy (non-hydrogen) atoms. The lowest BCUT2D eigenvalue weighted by Crippen LogP contribution is -2.25. The topological polar surface area (TPSA) is 39.9 Å². The van der Waals surface area contributed by atoms with Gasteiger partial charge in [0, 0.05) is 13.2 Å². The highest BCUT2D eigenvalue weighted by Gasteiger charge is 2.12. The lowest BCUT2D eigenvalue weighted by molar-refractivity contribution is 0.156. The predicted molar refractivity (Wildman–Crippen MR) is 48.2 cm³/mol. The number of pyridine rings is 1. The van der Waals surface area contributed by atoms with Gasteiger partial charge in [-0.25, -0.2) is 13.8 Å². The molecule has 1 aromatic rings. The van der Waals surface area contributed by atoms with Crippen molar-refractivity contribution in [2.75, 3.05) is 18.5 Å². The predicted octanol–water partition coefficient (Wildman–Crippen LogP) is 1.65. The molecule has 0 spiro atoms. The van der Waals surface area contributed by atoms with Crippen LogP contribution in [0.5, 0.6) is 0 Å². The molecule has 0 saturated heterocycles. The first-order valence-electron chi connectivity index (χ1n) is 3.99. The molecule has 0 aliphatic carbocycles. The summed E-state index contributed by atoms with van der Waals surface area (Å²) in [5.74, 6) is 0.287. The van der Waals surface area contributed by atoms with Gasteiger partial charge in [-0.1, -0.05) is 0 Å². The van der Waals surface area contributed by atoms with E-state index >= 15 is 0 Å². The summed E-state index contributed by atoms with van der Waals surface area (Å²) in [7, 11) is 1.48. The van der Waals surface area contributed by atoms with Crippen LogP contribution in [0, 0.1) is 11.3 Å². The molecule has 0 aliphatic rings. The highest BCUT2D eigenvalue weighted by molar-refractivity contribution is 5.52. The Morgan fingerprint density at radius 2 is 2.36 bits per heavy atom. The number of alkyl halides is 2. The quantitative estimate of drug-likeness (QED) is 0.739. The second kappa shape index (κ2) is 4.51. The minimum absolute atomic E-state index is 0.287. The van der Waals surface area contributed by atoms with Crippen LogP contribution in [-0.2, 0) is 0 Å². The van der Waals surface area contributed by atoms with Crippen LogP contribution in [0.25, 0.3) is 0 Å². The van der Waals surface area contributed by atoms with E-state index in [1.165, 1.54) is 18.1 Å². The van der Waals surface area contributed by atoms with Crippen LogP contribution in [0.3, 0.4) is 0 Å². The Morgan fingerprint density at radius 3 is 2.93 bits per heavy atom. The van der Waals surface area contributed by atoms with E-state index in [9.17, 15) is 8.78 Å². The fourth-order valence-electron chi connectivity index (χ4n) is 1.08. The van der Waals surface area contributed by atoms with E-state index in [1.807, 2.05) is 6.07 Å². The Balaban J connectivity index is 2.89. The van der Waals surface area contributed by atoms with Gasteiger partial charge >= 0.3 is 0 Å². The van der Waals surface area contributed by atoms with E-state index in [0.29, 0.717) is 5.56 Å². The first-order chi connectivity index (χ1) is 6.65. The molecule has 1 heterocycles. The van der Waals surface area contributed by atoms with E-state index in [0.717, 1.165) is 0 Å². The van der Waals surface area contributed by atoms with Gasteiger partial charge in [0.1, 0.15) is 11.9 Å². The lowest BCUT2D eigenvalue weighted by atomic mass is 10.2. The van der Waals surface area contributed by atoms with E-state index < -0.39 is 13.0 Å². The van der Waals surface area contributed by atoms with Gasteiger partial charge < -0.3 is 4.90 Å². The molecule has 0 aromatic carbocycles. The van der Waals surface area contributed by atoms with Gasteiger partial charge in [-0.3, -0.25) is 0 Å². The van der Waals surface area contributed by atoms with Gasteiger partial charge in [-0.2, -0.15) is 5.26 Å². The zero-order valence-electron chi connectivity index (χ0n) is 7.61. The highest BCUT2D eigenvalue weighted by atomic mass is 19.3. The van der Waals surface area contributed by atoms with Crippen LogP contribution in [0.2, 0.25) is 0 Å². The highest BCUT2D eigenvalue weighted by Crippen LogP contribution is 2.15. The van der Waals surface area contributed by atoms with Crippen molar-refractivity contribution in [1.82, 2.24) is 4.98 Å². The van der Waals surface area contributed by atoms with E-state index in [4.69, 9.17) is 5.26 Å². The minimum Gasteiger partial charge on any atom is -0.353 e. The van der Waals surface area contributed by atoms with Crippen molar-refractivity contribution in [3.05, 3.63) is 23.9 Å². The lowest BCUT2D eigenvalue weighted by Gasteiger charge is -2.17. The molecule has 1 rings (SSSR count). The van der Waals surface area contributed by atoms with Crippen LogP contribution < -0.4 is 4.90 Å². The standard InChI is InChI=1S/C9H9F2N3/c1-14(6-8(10)11)9-7(5-12)3-2-4-13-9/h2-4,8H,6H2,1H3. The third-order valence-electron chi connectivity index (χ3n) is 1.68. The Labute approximate surface area is 80.6 Å². The van der Waals surface area contributed by atoms with Crippen LogP contribution in [0.15, 0.2) is 18.3 Å². The van der Waals surface area contributed by atoms with Crippen LogP contribution in [0.4, 0.5) is 14.6 Å². The largest absolute Gasteiger partial charge is 0.353 e. The third kappa shape index (κ3) is 2.39. The van der Waals surface area contributed by atoms with Crippen molar-refractivity contribution < 1.29 is 8.78 Å². The second-order valence-electron chi connectivity index (χ2n) is 2.76. The fourth-order valence-corrected chi connectivity index (χ4v) is 1.08. The van der Waals surface area contributed by atoms with Gasteiger partial charge in [-0.15, -0.1) is 0 Å². The molecule has 0 atom stereocenters. The number of nitrogens with zero attached hydrogens (tertiary/aromatic N) is 3. The number of hydrogen-bond donors (Lipinski definition) is 0. The first-order valence-corrected chi connectivity index (χ1v) is 3.99. The van der Waals surface area contributed by atoms with Crippen molar-refractivity contribution in [1.29, 1.82) is 5.26 Å². The smallest absolute Gasteiger partial charge is 0.255 e. The summed E-state index contributed by atoms with van der Waals surface area (Å²) in [6.07, 6.45) is -0.966. The molecule has 0 saturated carbocycles. The molecule has 0 N–H and O–H groups in total. The van der Waals surface area contributed by atoms with E-state index in [2.05, 4.69) is 4.98 Å². The Bertz CT molecular complexity index is 346. The Hall–Kier alpha value is -1.70. The summed E-state index contributed by atoms with van der Waals surface area (Å²) < 4.78 is 24.1.